The molecule has 1 fully saturated rings. The fraction of sp³-hybridized carbons (Fsp3) is 0.562. The molecule has 0 radical (unpaired) electrons. The van der Waals surface area contributed by atoms with E-state index in [-0.39, 0.29) is 11.9 Å². The summed E-state index contributed by atoms with van der Waals surface area (Å²) in [6.07, 6.45) is 1.97. The lowest BCUT2D eigenvalue weighted by molar-refractivity contribution is -0.118. The Morgan fingerprint density at radius 2 is 2.21 bits per heavy atom. The first-order valence-corrected chi connectivity index (χ1v) is 7.28. The van der Waals surface area contributed by atoms with Gasteiger partial charge in [-0.05, 0) is 43.0 Å². The van der Waals surface area contributed by atoms with Crippen molar-refractivity contribution in [2.75, 3.05) is 18.0 Å². The second kappa shape index (κ2) is 6.20. The van der Waals surface area contributed by atoms with Crippen LogP contribution in [0.4, 0.5) is 5.69 Å². The summed E-state index contributed by atoms with van der Waals surface area (Å²) in [5.74, 6) is 0.709. The highest BCUT2D eigenvalue weighted by atomic mass is 16.2. The minimum absolute atomic E-state index is 0.00246. The first-order valence-electron chi connectivity index (χ1n) is 7.28. The molecule has 1 heterocycles. The highest BCUT2D eigenvalue weighted by molar-refractivity contribution is 5.99. The molecule has 1 aromatic carbocycles. The van der Waals surface area contributed by atoms with Crippen LogP contribution in [0.2, 0.25) is 0 Å². The van der Waals surface area contributed by atoms with Crippen molar-refractivity contribution in [2.45, 2.75) is 45.6 Å². The van der Waals surface area contributed by atoms with E-state index in [2.05, 4.69) is 38.2 Å². The predicted octanol–water partition coefficient (Wildman–Crippen LogP) is 2.91. The van der Waals surface area contributed by atoms with Crippen molar-refractivity contribution in [1.29, 1.82) is 0 Å². The summed E-state index contributed by atoms with van der Waals surface area (Å²) < 4.78 is 0. The van der Waals surface area contributed by atoms with Crippen LogP contribution in [0.1, 0.15) is 45.1 Å². The molecular formula is C16H24N2O. The van der Waals surface area contributed by atoms with Crippen molar-refractivity contribution < 1.29 is 4.79 Å². The van der Waals surface area contributed by atoms with E-state index in [1.807, 2.05) is 17.0 Å². The second-order valence-electron chi connectivity index (χ2n) is 5.53. The summed E-state index contributed by atoms with van der Waals surface area (Å²) in [5.41, 5.74) is 2.33. The molecule has 0 bridgehead atoms. The Labute approximate surface area is 116 Å². The van der Waals surface area contributed by atoms with Gasteiger partial charge in [-0.3, -0.25) is 4.79 Å². The molecule has 1 unspecified atom stereocenters. The molecule has 1 aliphatic heterocycles. The molecule has 3 nitrogen and oxygen atoms in total. The highest BCUT2D eigenvalue weighted by Crippen LogP contribution is 2.25. The maximum absolute atomic E-state index is 12.4. The molecule has 3 heteroatoms. The standard InChI is InChI=1S/C16H24N2O/c1-4-9-17-15-8-10-18(16(15)19)14-7-5-6-13(11-14)12(2)3/h5-7,11-12,15,17H,4,8-10H2,1-3H3. The van der Waals surface area contributed by atoms with Crippen LogP contribution in [-0.2, 0) is 4.79 Å². The topological polar surface area (TPSA) is 32.3 Å². The molecule has 0 aromatic heterocycles. The van der Waals surface area contributed by atoms with E-state index in [0.717, 1.165) is 31.6 Å². The van der Waals surface area contributed by atoms with Gasteiger partial charge in [-0.15, -0.1) is 0 Å². The Morgan fingerprint density at radius 1 is 1.42 bits per heavy atom. The van der Waals surface area contributed by atoms with Gasteiger partial charge in [0.1, 0.15) is 0 Å². The monoisotopic (exact) mass is 260 g/mol. The van der Waals surface area contributed by atoms with Crippen LogP contribution >= 0.6 is 0 Å². The summed E-state index contributed by atoms with van der Waals surface area (Å²) in [7, 11) is 0. The van der Waals surface area contributed by atoms with E-state index in [1.165, 1.54) is 5.56 Å². The minimum atomic E-state index is 0.00246. The van der Waals surface area contributed by atoms with E-state index in [0.29, 0.717) is 5.92 Å². The van der Waals surface area contributed by atoms with E-state index in [9.17, 15) is 4.79 Å². The number of carbonyl (C=O) groups excluding carboxylic acids is 1. The number of carbonyl (C=O) groups is 1. The number of nitrogens with one attached hydrogen (secondary N) is 1. The smallest absolute Gasteiger partial charge is 0.244 e. The summed E-state index contributed by atoms with van der Waals surface area (Å²) >= 11 is 0. The fourth-order valence-electron chi connectivity index (χ4n) is 2.50. The van der Waals surface area contributed by atoms with E-state index in [4.69, 9.17) is 0 Å². The van der Waals surface area contributed by atoms with Crippen LogP contribution < -0.4 is 10.2 Å². The van der Waals surface area contributed by atoms with Crippen LogP contribution in [0.15, 0.2) is 24.3 Å². The van der Waals surface area contributed by atoms with Gasteiger partial charge in [0.15, 0.2) is 0 Å². The molecule has 1 N–H and O–H groups in total. The number of benzene rings is 1. The number of anilines is 1. The largest absolute Gasteiger partial charge is 0.311 e. The zero-order valence-corrected chi connectivity index (χ0v) is 12.1. The Bertz CT molecular complexity index is 442. The molecule has 0 spiro atoms. The first-order chi connectivity index (χ1) is 9.13. The fourth-order valence-corrected chi connectivity index (χ4v) is 2.50. The zero-order valence-electron chi connectivity index (χ0n) is 12.1. The van der Waals surface area contributed by atoms with Gasteiger partial charge in [0.25, 0.3) is 0 Å². The van der Waals surface area contributed by atoms with Crippen molar-refractivity contribution in [3.05, 3.63) is 29.8 Å². The third kappa shape index (κ3) is 3.16. The molecule has 1 saturated heterocycles. The van der Waals surface area contributed by atoms with Crippen molar-refractivity contribution in [2.24, 2.45) is 0 Å². The van der Waals surface area contributed by atoms with Crippen molar-refractivity contribution in [1.82, 2.24) is 5.32 Å². The minimum Gasteiger partial charge on any atom is -0.311 e. The van der Waals surface area contributed by atoms with Gasteiger partial charge < -0.3 is 10.2 Å². The zero-order chi connectivity index (χ0) is 13.8. The molecule has 19 heavy (non-hydrogen) atoms. The Morgan fingerprint density at radius 3 is 2.89 bits per heavy atom. The van der Waals surface area contributed by atoms with Gasteiger partial charge >= 0.3 is 0 Å². The van der Waals surface area contributed by atoms with Crippen LogP contribution in [0.25, 0.3) is 0 Å². The summed E-state index contributed by atoms with van der Waals surface area (Å²) in [6.45, 7) is 8.21. The highest BCUT2D eigenvalue weighted by Gasteiger charge is 2.31. The molecule has 104 valence electrons. The van der Waals surface area contributed by atoms with Gasteiger partial charge in [0.05, 0.1) is 6.04 Å². The molecule has 1 aliphatic rings. The lowest BCUT2D eigenvalue weighted by atomic mass is 10.0. The first kappa shape index (κ1) is 14.1. The summed E-state index contributed by atoms with van der Waals surface area (Å²) in [5, 5.41) is 3.33. The van der Waals surface area contributed by atoms with E-state index >= 15 is 0 Å². The van der Waals surface area contributed by atoms with Crippen molar-refractivity contribution in [3.8, 4) is 0 Å². The third-order valence-corrected chi connectivity index (χ3v) is 3.69. The normalized spacial score (nSPS) is 19.5. The maximum atomic E-state index is 12.4. The molecule has 0 aliphatic carbocycles. The lowest BCUT2D eigenvalue weighted by Gasteiger charge is -2.19. The molecule has 1 amide bonds. The molecule has 1 aromatic rings. The van der Waals surface area contributed by atoms with E-state index in [1.54, 1.807) is 0 Å². The van der Waals surface area contributed by atoms with Gasteiger partial charge in [-0.1, -0.05) is 32.9 Å². The SMILES string of the molecule is CCCNC1CCN(c2cccc(C(C)C)c2)C1=O. The van der Waals surface area contributed by atoms with Gasteiger partial charge in [0.2, 0.25) is 5.91 Å². The van der Waals surface area contributed by atoms with Crippen LogP contribution in [-0.4, -0.2) is 25.0 Å². The lowest BCUT2D eigenvalue weighted by Crippen LogP contribution is -2.38. The van der Waals surface area contributed by atoms with Gasteiger partial charge in [0, 0.05) is 12.2 Å². The molecular weight excluding hydrogens is 236 g/mol. The van der Waals surface area contributed by atoms with Crippen LogP contribution in [0, 0.1) is 0 Å². The third-order valence-electron chi connectivity index (χ3n) is 3.69. The number of rotatable bonds is 5. The van der Waals surface area contributed by atoms with Gasteiger partial charge in [-0.2, -0.15) is 0 Å². The predicted molar refractivity (Wildman–Crippen MR) is 79.6 cm³/mol. The molecule has 2 rings (SSSR count). The number of amides is 1. The summed E-state index contributed by atoms with van der Waals surface area (Å²) in [4.78, 5) is 14.3. The van der Waals surface area contributed by atoms with Crippen molar-refractivity contribution in [3.63, 3.8) is 0 Å². The summed E-state index contributed by atoms with van der Waals surface area (Å²) in [6, 6.07) is 8.35. The number of hydrogen-bond donors (Lipinski definition) is 1. The Balaban J connectivity index is 2.10. The molecule has 1 atom stereocenters. The van der Waals surface area contributed by atoms with Crippen LogP contribution in [0.5, 0.6) is 0 Å². The molecule has 0 saturated carbocycles. The second-order valence-corrected chi connectivity index (χ2v) is 5.53. The maximum Gasteiger partial charge on any atom is 0.244 e. The van der Waals surface area contributed by atoms with Crippen molar-refractivity contribution >= 4 is 11.6 Å². The average molecular weight is 260 g/mol. The Kier molecular flexibility index (Phi) is 4.59. The number of hydrogen-bond acceptors (Lipinski definition) is 2. The quantitative estimate of drug-likeness (QED) is 0.883. The van der Waals surface area contributed by atoms with Crippen LogP contribution in [0.3, 0.4) is 0 Å². The number of nitrogens with zero attached hydrogens (tertiary/aromatic N) is 1. The van der Waals surface area contributed by atoms with E-state index < -0.39 is 0 Å². The van der Waals surface area contributed by atoms with Gasteiger partial charge in [-0.25, -0.2) is 0 Å². The average Bonchev–Trinajstić information content (AvgIpc) is 2.78. The Hall–Kier alpha value is -1.35.